The molecule has 8 heteroatoms. The predicted octanol–water partition coefficient (Wildman–Crippen LogP) is 1.93. The summed E-state index contributed by atoms with van der Waals surface area (Å²) in [5.74, 6) is -1.51. The second-order valence-corrected chi connectivity index (χ2v) is 2.89. The quantitative estimate of drug-likeness (QED) is 0.634. The van der Waals surface area contributed by atoms with E-state index in [0.29, 0.717) is 6.07 Å². The molecule has 86 valence electrons. The van der Waals surface area contributed by atoms with Crippen LogP contribution >= 0.6 is 0 Å². The third-order valence-corrected chi connectivity index (χ3v) is 1.86. The molecule has 0 radical (unpaired) electrons. The van der Waals surface area contributed by atoms with Crippen molar-refractivity contribution in [3.05, 3.63) is 33.1 Å². The molecule has 1 heterocycles. The topological polar surface area (TPSA) is 93.3 Å². The number of aromatic carboxylic acids is 1. The van der Waals surface area contributed by atoms with E-state index in [1.165, 1.54) is 0 Å². The van der Waals surface area contributed by atoms with Crippen LogP contribution in [0.3, 0.4) is 0 Å². The summed E-state index contributed by atoms with van der Waals surface area (Å²) in [6.07, 6.45) is -3.07. The lowest BCUT2D eigenvalue weighted by Gasteiger charge is -2.05. The Morgan fingerprint density at radius 2 is 2.19 bits per heavy atom. The van der Waals surface area contributed by atoms with Crippen LogP contribution < -0.4 is 0 Å². The number of rotatable bonds is 3. The van der Waals surface area contributed by atoms with Crippen molar-refractivity contribution in [3.8, 4) is 0 Å². The number of alkyl halides is 2. The van der Waals surface area contributed by atoms with Crippen molar-refractivity contribution in [2.75, 3.05) is 0 Å². The first-order chi connectivity index (χ1) is 7.34. The van der Waals surface area contributed by atoms with E-state index in [-0.39, 0.29) is 5.69 Å². The Morgan fingerprint density at radius 3 is 2.56 bits per heavy atom. The van der Waals surface area contributed by atoms with Gasteiger partial charge in [-0.15, -0.1) is 0 Å². The van der Waals surface area contributed by atoms with Gasteiger partial charge in [-0.1, -0.05) is 0 Å². The number of carboxylic acid groups (broad SMARTS) is 1. The van der Waals surface area contributed by atoms with Crippen LogP contribution in [-0.2, 0) is 0 Å². The van der Waals surface area contributed by atoms with E-state index < -0.39 is 34.3 Å². The van der Waals surface area contributed by atoms with Gasteiger partial charge in [0.15, 0.2) is 5.69 Å². The number of halogens is 2. The Kier molecular flexibility index (Phi) is 3.11. The molecule has 0 aromatic carbocycles. The molecule has 1 N–H and O–H groups in total. The van der Waals surface area contributed by atoms with Gasteiger partial charge in [0.1, 0.15) is 5.56 Å². The summed E-state index contributed by atoms with van der Waals surface area (Å²) in [7, 11) is 0. The van der Waals surface area contributed by atoms with Crippen LogP contribution in [0.5, 0.6) is 0 Å². The minimum Gasteiger partial charge on any atom is -0.477 e. The molecule has 0 atom stereocenters. The van der Waals surface area contributed by atoms with Gasteiger partial charge in [-0.2, -0.15) is 0 Å². The van der Waals surface area contributed by atoms with E-state index in [1.54, 1.807) is 0 Å². The molecule has 0 bridgehead atoms. The van der Waals surface area contributed by atoms with Gasteiger partial charge in [-0.05, 0) is 6.92 Å². The molecule has 0 saturated heterocycles. The summed E-state index contributed by atoms with van der Waals surface area (Å²) >= 11 is 0. The highest BCUT2D eigenvalue weighted by atomic mass is 19.3. The Labute approximate surface area is 87.7 Å². The fraction of sp³-hybridized carbons (Fsp3) is 0.250. The third kappa shape index (κ3) is 2.10. The number of hydrogen-bond donors (Lipinski definition) is 1. The smallest absolute Gasteiger partial charge is 0.354 e. The lowest BCUT2D eigenvalue weighted by atomic mass is 10.1. The summed E-state index contributed by atoms with van der Waals surface area (Å²) in [6, 6.07) is 0.525. The van der Waals surface area contributed by atoms with E-state index >= 15 is 0 Å². The standard InChI is InChI=1S/C8H6F2N2O4/c1-3-6(7(9)10)5(12(15)16)2-4(11-3)8(13)14/h2,7H,1H3,(H,13,14). The van der Waals surface area contributed by atoms with Gasteiger partial charge < -0.3 is 5.11 Å². The second kappa shape index (κ2) is 4.17. The van der Waals surface area contributed by atoms with Gasteiger partial charge >= 0.3 is 5.97 Å². The monoisotopic (exact) mass is 232 g/mol. The van der Waals surface area contributed by atoms with Crippen molar-refractivity contribution >= 4 is 11.7 Å². The van der Waals surface area contributed by atoms with Crippen LogP contribution in [0.4, 0.5) is 14.5 Å². The molecule has 16 heavy (non-hydrogen) atoms. The molecular formula is C8H6F2N2O4. The van der Waals surface area contributed by atoms with Gasteiger partial charge in [-0.3, -0.25) is 10.1 Å². The molecule has 0 saturated carbocycles. The lowest BCUT2D eigenvalue weighted by molar-refractivity contribution is -0.386. The van der Waals surface area contributed by atoms with Crippen LogP contribution in [0, 0.1) is 17.0 Å². The first-order valence-corrected chi connectivity index (χ1v) is 4.02. The zero-order valence-corrected chi connectivity index (χ0v) is 7.98. The molecule has 0 aliphatic carbocycles. The summed E-state index contributed by atoms with van der Waals surface area (Å²) in [4.78, 5) is 23.3. The molecule has 0 unspecified atom stereocenters. The molecule has 0 aliphatic rings. The normalized spacial score (nSPS) is 10.5. The number of nitrogens with zero attached hydrogens (tertiary/aromatic N) is 2. The fourth-order valence-electron chi connectivity index (χ4n) is 1.20. The first-order valence-electron chi connectivity index (χ1n) is 4.02. The average Bonchev–Trinajstić information content (AvgIpc) is 2.15. The minimum atomic E-state index is -3.07. The lowest BCUT2D eigenvalue weighted by Crippen LogP contribution is -2.07. The molecule has 1 rings (SSSR count). The SMILES string of the molecule is Cc1nc(C(=O)O)cc([N+](=O)[O-])c1C(F)F. The van der Waals surface area contributed by atoms with Crippen LogP contribution in [0.2, 0.25) is 0 Å². The molecule has 0 spiro atoms. The largest absolute Gasteiger partial charge is 0.477 e. The van der Waals surface area contributed by atoms with Gasteiger partial charge in [0.05, 0.1) is 10.6 Å². The number of aromatic nitrogens is 1. The predicted molar refractivity (Wildman–Crippen MR) is 47.5 cm³/mol. The van der Waals surface area contributed by atoms with Gasteiger partial charge in [0.2, 0.25) is 0 Å². The maximum atomic E-state index is 12.5. The molecular weight excluding hydrogens is 226 g/mol. The summed E-state index contributed by atoms with van der Waals surface area (Å²) in [5.41, 5.74) is -2.77. The first kappa shape index (κ1) is 12.0. The van der Waals surface area contributed by atoms with Crippen LogP contribution in [0.15, 0.2) is 6.07 Å². The summed E-state index contributed by atoms with van der Waals surface area (Å²) < 4.78 is 25.0. The minimum absolute atomic E-state index is 0.360. The Bertz CT molecular complexity index is 462. The average molecular weight is 232 g/mol. The third-order valence-electron chi connectivity index (χ3n) is 1.86. The Morgan fingerprint density at radius 1 is 1.62 bits per heavy atom. The van der Waals surface area contributed by atoms with E-state index in [9.17, 15) is 23.7 Å². The molecule has 1 aromatic rings. The van der Waals surface area contributed by atoms with Crippen LogP contribution in [0.25, 0.3) is 0 Å². The number of nitro groups is 1. The maximum Gasteiger partial charge on any atom is 0.354 e. The Balaban J connectivity index is 3.52. The molecule has 0 aliphatic heterocycles. The van der Waals surface area contributed by atoms with Crippen molar-refractivity contribution in [2.45, 2.75) is 13.3 Å². The van der Waals surface area contributed by atoms with E-state index in [0.717, 1.165) is 6.92 Å². The highest BCUT2D eigenvalue weighted by Crippen LogP contribution is 2.31. The second-order valence-electron chi connectivity index (χ2n) is 2.89. The number of carboxylic acids is 1. The summed E-state index contributed by atoms with van der Waals surface area (Å²) in [6.45, 7) is 1.10. The number of carbonyl (C=O) groups is 1. The van der Waals surface area contributed by atoms with Crippen molar-refractivity contribution in [1.82, 2.24) is 4.98 Å². The number of aryl methyl sites for hydroxylation is 1. The molecule has 0 fully saturated rings. The van der Waals surface area contributed by atoms with Crippen LogP contribution in [-0.4, -0.2) is 21.0 Å². The number of pyridine rings is 1. The fourth-order valence-corrected chi connectivity index (χ4v) is 1.20. The van der Waals surface area contributed by atoms with Crippen LogP contribution in [0.1, 0.15) is 28.2 Å². The number of hydrogen-bond acceptors (Lipinski definition) is 4. The highest BCUT2D eigenvalue weighted by Gasteiger charge is 2.27. The van der Waals surface area contributed by atoms with Crippen molar-refractivity contribution in [3.63, 3.8) is 0 Å². The highest BCUT2D eigenvalue weighted by molar-refractivity contribution is 5.86. The maximum absolute atomic E-state index is 12.5. The molecule has 1 aromatic heterocycles. The van der Waals surface area contributed by atoms with Crippen molar-refractivity contribution in [2.24, 2.45) is 0 Å². The zero-order chi connectivity index (χ0) is 12.5. The van der Waals surface area contributed by atoms with Gasteiger partial charge in [0, 0.05) is 6.07 Å². The Hall–Kier alpha value is -2.12. The van der Waals surface area contributed by atoms with Gasteiger partial charge in [-0.25, -0.2) is 18.6 Å². The van der Waals surface area contributed by atoms with Gasteiger partial charge in [0.25, 0.3) is 12.1 Å². The van der Waals surface area contributed by atoms with E-state index in [2.05, 4.69) is 4.98 Å². The van der Waals surface area contributed by atoms with Crippen molar-refractivity contribution < 1.29 is 23.6 Å². The van der Waals surface area contributed by atoms with E-state index in [1.807, 2.05) is 0 Å². The summed E-state index contributed by atoms with van der Waals surface area (Å²) in [5, 5.41) is 19.1. The molecule has 0 amide bonds. The molecule has 6 nitrogen and oxygen atoms in total. The zero-order valence-electron chi connectivity index (χ0n) is 7.98. The van der Waals surface area contributed by atoms with Crippen molar-refractivity contribution in [1.29, 1.82) is 0 Å². The van der Waals surface area contributed by atoms with E-state index in [4.69, 9.17) is 5.11 Å².